The summed E-state index contributed by atoms with van der Waals surface area (Å²) in [6.07, 6.45) is 1.04. The third-order valence-electron chi connectivity index (χ3n) is 3.82. The predicted octanol–water partition coefficient (Wildman–Crippen LogP) is 3.34. The number of esters is 1. The molecule has 0 heterocycles. The SMILES string of the molecule is CCOC(=O)c1ccc(C)c(NC(=O)CN(c2ccc(Br)cc2)S(C)(=O)=O)c1. The molecule has 0 unspecified atom stereocenters. The molecule has 0 bridgehead atoms. The van der Waals surface area contributed by atoms with Gasteiger partial charge in [0.25, 0.3) is 0 Å². The van der Waals surface area contributed by atoms with E-state index < -0.39 is 28.4 Å². The zero-order valence-electron chi connectivity index (χ0n) is 15.7. The van der Waals surface area contributed by atoms with Crippen molar-refractivity contribution in [3.63, 3.8) is 0 Å². The summed E-state index contributed by atoms with van der Waals surface area (Å²) >= 11 is 3.29. The van der Waals surface area contributed by atoms with E-state index in [1.54, 1.807) is 50.2 Å². The highest BCUT2D eigenvalue weighted by atomic mass is 79.9. The molecule has 0 aliphatic carbocycles. The van der Waals surface area contributed by atoms with Crippen molar-refractivity contribution in [1.82, 2.24) is 0 Å². The van der Waals surface area contributed by atoms with Gasteiger partial charge in [-0.15, -0.1) is 0 Å². The molecular weight excluding hydrogens is 448 g/mol. The average Bonchev–Trinajstić information content (AvgIpc) is 2.62. The first-order valence-corrected chi connectivity index (χ1v) is 11.1. The van der Waals surface area contributed by atoms with E-state index in [1.807, 2.05) is 0 Å². The number of amides is 1. The molecule has 1 amide bonds. The van der Waals surface area contributed by atoms with Crippen LogP contribution in [0.25, 0.3) is 0 Å². The fraction of sp³-hybridized carbons (Fsp3) is 0.263. The van der Waals surface area contributed by atoms with Crippen molar-refractivity contribution in [3.8, 4) is 0 Å². The summed E-state index contributed by atoms with van der Waals surface area (Å²) in [7, 11) is -3.67. The third-order valence-corrected chi connectivity index (χ3v) is 5.49. The summed E-state index contributed by atoms with van der Waals surface area (Å²) in [6, 6.07) is 11.4. The van der Waals surface area contributed by atoms with Gasteiger partial charge in [-0.1, -0.05) is 22.0 Å². The molecule has 2 aromatic carbocycles. The standard InChI is InChI=1S/C19H21BrN2O5S/c1-4-27-19(24)14-6-5-13(2)17(11-14)21-18(23)12-22(28(3,25)26)16-9-7-15(20)8-10-16/h5-11H,4,12H2,1-3H3,(H,21,23). The molecule has 28 heavy (non-hydrogen) atoms. The molecule has 7 nitrogen and oxygen atoms in total. The number of carbonyl (C=O) groups is 2. The Bertz CT molecular complexity index is 974. The van der Waals surface area contributed by atoms with Crippen molar-refractivity contribution in [1.29, 1.82) is 0 Å². The van der Waals surface area contributed by atoms with Crippen LogP contribution in [-0.2, 0) is 19.6 Å². The first-order chi connectivity index (χ1) is 13.1. The molecule has 0 aliphatic rings. The molecule has 0 fully saturated rings. The van der Waals surface area contributed by atoms with E-state index in [1.165, 1.54) is 6.07 Å². The molecule has 1 N–H and O–H groups in total. The van der Waals surface area contributed by atoms with E-state index in [-0.39, 0.29) is 6.61 Å². The molecule has 0 radical (unpaired) electrons. The van der Waals surface area contributed by atoms with Gasteiger partial charge in [-0.3, -0.25) is 9.10 Å². The van der Waals surface area contributed by atoms with Gasteiger partial charge in [0.1, 0.15) is 6.54 Å². The Hall–Kier alpha value is -2.39. The van der Waals surface area contributed by atoms with Crippen LogP contribution < -0.4 is 9.62 Å². The third kappa shape index (κ3) is 5.80. The minimum atomic E-state index is -3.67. The van der Waals surface area contributed by atoms with Crippen LogP contribution in [0.4, 0.5) is 11.4 Å². The summed E-state index contributed by atoms with van der Waals surface area (Å²) in [6.45, 7) is 3.32. The predicted molar refractivity (Wildman–Crippen MR) is 112 cm³/mol. The minimum absolute atomic E-state index is 0.241. The lowest BCUT2D eigenvalue weighted by molar-refractivity contribution is -0.114. The van der Waals surface area contributed by atoms with Gasteiger partial charge in [-0.05, 0) is 55.8 Å². The van der Waals surface area contributed by atoms with E-state index in [9.17, 15) is 18.0 Å². The van der Waals surface area contributed by atoms with Gasteiger partial charge in [-0.25, -0.2) is 13.2 Å². The fourth-order valence-electron chi connectivity index (χ4n) is 2.43. The second-order valence-electron chi connectivity index (χ2n) is 6.04. The lowest BCUT2D eigenvalue weighted by Crippen LogP contribution is -2.37. The number of aryl methyl sites for hydroxylation is 1. The first kappa shape index (κ1) is 21.9. The molecule has 0 saturated carbocycles. The van der Waals surface area contributed by atoms with Gasteiger partial charge >= 0.3 is 5.97 Å². The summed E-state index contributed by atoms with van der Waals surface area (Å²) in [5, 5.41) is 2.67. The van der Waals surface area contributed by atoms with Crippen LogP contribution >= 0.6 is 15.9 Å². The van der Waals surface area contributed by atoms with E-state index in [2.05, 4.69) is 21.2 Å². The Morgan fingerprint density at radius 1 is 1.14 bits per heavy atom. The Morgan fingerprint density at radius 2 is 1.79 bits per heavy atom. The monoisotopic (exact) mass is 468 g/mol. The molecule has 2 rings (SSSR count). The fourth-order valence-corrected chi connectivity index (χ4v) is 3.55. The van der Waals surface area contributed by atoms with Gasteiger partial charge in [0.2, 0.25) is 15.9 Å². The number of sulfonamides is 1. The maximum Gasteiger partial charge on any atom is 0.338 e. The average molecular weight is 469 g/mol. The maximum atomic E-state index is 12.5. The molecule has 150 valence electrons. The quantitative estimate of drug-likeness (QED) is 0.628. The zero-order valence-corrected chi connectivity index (χ0v) is 18.1. The maximum absolute atomic E-state index is 12.5. The number of benzene rings is 2. The van der Waals surface area contributed by atoms with Gasteiger partial charge in [0.05, 0.1) is 24.1 Å². The number of halogens is 1. The van der Waals surface area contributed by atoms with Crippen molar-refractivity contribution in [2.45, 2.75) is 13.8 Å². The Morgan fingerprint density at radius 3 is 2.36 bits per heavy atom. The van der Waals surface area contributed by atoms with Gasteiger partial charge < -0.3 is 10.1 Å². The molecule has 0 spiro atoms. The van der Waals surface area contributed by atoms with E-state index in [0.29, 0.717) is 16.9 Å². The topological polar surface area (TPSA) is 92.8 Å². The van der Waals surface area contributed by atoms with Crippen molar-refractivity contribution < 1.29 is 22.7 Å². The number of nitrogens with zero attached hydrogens (tertiary/aromatic N) is 1. The van der Waals surface area contributed by atoms with Crippen LogP contribution in [0.15, 0.2) is 46.9 Å². The van der Waals surface area contributed by atoms with E-state index >= 15 is 0 Å². The lowest BCUT2D eigenvalue weighted by atomic mass is 10.1. The number of nitrogens with one attached hydrogen (secondary N) is 1. The number of hydrogen-bond acceptors (Lipinski definition) is 5. The zero-order chi connectivity index (χ0) is 20.9. The number of ether oxygens (including phenoxy) is 1. The first-order valence-electron chi connectivity index (χ1n) is 8.42. The van der Waals surface area contributed by atoms with Crippen molar-refractivity contribution in [3.05, 3.63) is 58.1 Å². The molecule has 0 atom stereocenters. The van der Waals surface area contributed by atoms with Crippen molar-refractivity contribution in [2.75, 3.05) is 29.0 Å². The molecule has 0 aliphatic heterocycles. The number of rotatable bonds is 7. The minimum Gasteiger partial charge on any atom is -0.462 e. The van der Waals surface area contributed by atoms with Crippen molar-refractivity contribution in [2.24, 2.45) is 0 Å². The van der Waals surface area contributed by atoms with E-state index in [4.69, 9.17) is 4.74 Å². The van der Waals surface area contributed by atoms with Gasteiger partial charge in [0.15, 0.2) is 0 Å². The normalized spacial score (nSPS) is 11.0. The van der Waals surface area contributed by atoms with Crippen LogP contribution in [0.3, 0.4) is 0 Å². The van der Waals surface area contributed by atoms with Crippen LogP contribution in [0.5, 0.6) is 0 Å². The largest absolute Gasteiger partial charge is 0.462 e. The highest BCUT2D eigenvalue weighted by Gasteiger charge is 2.21. The molecular formula is C19H21BrN2O5S. The second kappa shape index (κ2) is 9.20. The van der Waals surface area contributed by atoms with Crippen LogP contribution in [0.2, 0.25) is 0 Å². The number of hydrogen-bond donors (Lipinski definition) is 1. The molecule has 2 aromatic rings. The summed E-state index contributed by atoms with van der Waals surface area (Å²) in [5.74, 6) is -1.02. The highest BCUT2D eigenvalue weighted by Crippen LogP contribution is 2.22. The number of anilines is 2. The van der Waals surface area contributed by atoms with Gasteiger partial charge in [0, 0.05) is 10.2 Å². The smallest absolute Gasteiger partial charge is 0.338 e. The summed E-state index contributed by atoms with van der Waals surface area (Å²) in [5.41, 5.74) is 1.82. The molecule has 0 saturated heterocycles. The van der Waals surface area contributed by atoms with Crippen LogP contribution in [0, 0.1) is 6.92 Å². The van der Waals surface area contributed by atoms with Crippen molar-refractivity contribution >= 4 is 49.2 Å². The highest BCUT2D eigenvalue weighted by molar-refractivity contribution is 9.10. The summed E-state index contributed by atoms with van der Waals surface area (Å²) in [4.78, 5) is 24.4. The lowest BCUT2D eigenvalue weighted by Gasteiger charge is -2.22. The van der Waals surface area contributed by atoms with E-state index in [0.717, 1.165) is 20.6 Å². The van der Waals surface area contributed by atoms with Crippen LogP contribution in [-0.4, -0.2) is 39.7 Å². The molecule has 9 heteroatoms. The number of carbonyl (C=O) groups excluding carboxylic acids is 2. The Kier molecular flexibility index (Phi) is 7.20. The summed E-state index contributed by atoms with van der Waals surface area (Å²) < 4.78 is 31.1. The van der Waals surface area contributed by atoms with Crippen LogP contribution in [0.1, 0.15) is 22.8 Å². The second-order valence-corrected chi connectivity index (χ2v) is 8.87. The Balaban J connectivity index is 2.22. The Labute approximate surface area is 172 Å². The van der Waals surface area contributed by atoms with Gasteiger partial charge in [-0.2, -0.15) is 0 Å². The molecule has 0 aromatic heterocycles.